The first-order chi connectivity index (χ1) is 34.0. The molecule has 0 aliphatic carbocycles. The number of nitrogens with zero attached hydrogens (tertiary/aromatic N) is 24. The second-order valence-corrected chi connectivity index (χ2v) is 18.7. The topological polar surface area (TPSA) is 179 Å². The van der Waals surface area contributed by atoms with Gasteiger partial charge < -0.3 is 91.5 Å². The summed E-state index contributed by atoms with van der Waals surface area (Å²) in [5.74, 6) is 6.61. The van der Waals surface area contributed by atoms with Gasteiger partial charge in [0.25, 0.3) is 5.84 Å². The van der Waals surface area contributed by atoms with E-state index in [0.717, 1.165) is 83.4 Å². The molecule has 0 aromatic rings. The number of hydrogen-bond acceptors (Lipinski definition) is 16. The van der Waals surface area contributed by atoms with Crippen LogP contribution in [-0.2, 0) is 98.1 Å². The molecule has 3 radical (unpaired) electrons. The third kappa shape index (κ3) is 29.9. The SMILES string of the molecule is CC1=C(C)N(C)CN1C.CC1=C(C)N(C)C[N-]1.CC1=C(C)N(C)C[N-]1.CC1=NN(C)CN1C.CC1=N[N-]CN1C.CC1=N[N-]CN1C.CC1=N[N-]CN1C.CC1=[N+](C)CN(C)N1C.CC1=[N+](C)[N-]CN1C.II.[Y].[Y].[Y]. The van der Waals surface area contributed by atoms with Crippen molar-refractivity contribution < 1.29 is 107 Å². The predicted octanol–water partition coefficient (Wildman–Crippen LogP) is 7.84. The molecule has 9 rings (SSSR count). The first-order valence-electron chi connectivity index (χ1n) is 24.1. The number of amidine groups is 6. The minimum absolute atomic E-state index is 0. The molecule has 0 N–H and O–H groups in total. The smallest absolute Gasteiger partial charge is 0.263 e. The van der Waals surface area contributed by atoms with Gasteiger partial charge in [0.2, 0.25) is 5.84 Å². The molecule has 0 bridgehead atoms. The van der Waals surface area contributed by atoms with Crippen LogP contribution in [0.2, 0.25) is 0 Å². The fourth-order valence-corrected chi connectivity index (χ4v) is 6.13. The van der Waals surface area contributed by atoms with Crippen LogP contribution in [0.25, 0.3) is 32.3 Å². The van der Waals surface area contributed by atoms with Crippen molar-refractivity contribution in [1.82, 2.24) is 59.1 Å². The minimum atomic E-state index is 0. The van der Waals surface area contributed by atoms with E-state index in [1.165, 1.54) is 45.9 Å². The van der Waals surface area contributed by atoms with Crippen LogP contribution in [0.5, 0.6) is 0 Å². The predicted molar refractivity (Wildman–Crippen MR) is 326 cm³/mol. The quantitative estimate of drug-likeness (QED) is 0.170. The molecule has 9 aliphatic rings. The van der Waals surface area contributed by atoms with E-state index < -0.39 is 0 Å². The summed E-state index contributed by atoms with van der Waals surface area (Å²) in [6.07, 6.45) is 0. The second-order valence-electron chi connectivity index (χ2n) is 18.7. The van der Waals surface area contributed by atoms with Crippen LogP contribution < -0.4 is 0 Å². The summed E-state index contributed by atoms with van der Waals surface area (Å²) >= 11 is 4.24. The summed E-state index contributed by atoms with van der Waals surface area (Å²) in [6.45, 7) is 32.2. The Morgan fingerprint density at radius 1 is 0.408 bits per heavy atom. The summed E-state index contributed by atoms with van der Waals surface area (Å²) in [4.78, 5) is 18.9. The van der Waals surface area contributed by atoms with Gasteiger partial charge in [0, 0.05) is 238 Å². The summed E-state index contributed by atoms with van der Waals surface area (Å²) in [5, 5.41) is 30.1. The van der Waals surface area contributed by atoms with Crippen molar-refractivity contribution in [3.8, 4) is 0 Å². The molecule has 0 spiro atoms. The van der Waals surface area contributed by atoms with Gasteiger partial charge in [-0.1, -0.05) is 27.2 Å². The minimum Gasteiger partial charge on any atom is -0.670 e. The van der Waals surface area contributed by atoms with Crippen molar-refractivity contribution >= 4 is 72.2 Å². The molecule has 0 saturated heterocycles. The maximum atomic E-state index is 4.20. The Bertz CT molecular complexity index is 1840. The fourth-order valence-electron chi connectivity index (χ4n) is 6.13. The Balaban J connectivity index is -0.000000381. The maximum absolute atomic E-state index is 4.20. The van der Waals surface area contributed by atoms with E-state index in [0.29, 0.717) is 0 Å². The zero-order valence-electron chi connectivity index (χ0n) is 51.6. The average Bonchev–Trinajstić information content (AvgIpc) is 4.28. The van der Waals surface area contributed by atoms with Gasteiger partial charge in [0.05, 0.1) is 52.4 Å². The number of rotatable bonds is 0. The van der Waals surface area contributed by atoms with Crippen LogP contribution in [-0.4, -0.2) is 262 Å². The van der Waals surface area contributed by atoms with Crippen LogP contribution in [0.1, 0.15) is 83.1 Å². The van der Waals surface area contributed by atoms with Crippen molar-refractivity contribution in [2.45, 2.75) is 83.1 Å². The molecule has 0 fully saturated rings. The molecule has 0 aromatic carbocycles. The number of hydrazone groups is 1. The Labute approximate surface area is 560 Å². The molecule has 0 aromatic heterocycles. The van der Waals surface area contributed by atoms with Gasteiger partial charge in [-0.25, -0.2) is 0 Å². The molecular formula is C47H96I2N24Y3-4. The zero-order chi connectivity index (χ0) is 56.4. The third-order valence-corrected chi connectivity index (χ3v) is 13.2. The van der Waals surface area contributed by atoms with Crippen molar-refractivity contribution in [1.29, 1.82) is 0 Å². The Morgan fingerprint density at radius 3 is 0.855 bits per heavy atom. The number of allylic oxidation sites excluding steroid dienone is 6. The second kappa shape index (κ2) is 42.4. The van der Waals surface area contributed by atoms with Crippen LogP contribution in [0.15, 0.2) is 54.6 Å². The average molecular weight is 1520 g/mol. The van der Waals surface area contributed by atoms with Gasteiger partial charge in [-0.05, 0) is 86.8 Å². The molecule has 24 nitrogen and oxygen atoms in total. The number of hydrazine groups is 1. The number of hydrogen-bond donors (Lipinski definition) is 0. The molecule has 29 heteroatoms. The van der Waals surface area contributed by atoms with Gasteiger partial charge in [-0.3, -0.25) is 14.5 Å². The van der Waals surface area contributed by atoms with Crippen LogP contribution in [0, 0.1) is 0 Å². The third-order valence-electron chi connectivity index (χ3n) is 13.2. The van der Waals surface area contributed by atoms with E-state index >= 15 is 0 Å². The fraction of sp³-hybridized carbons (Fsp3) is 0.745. The Morgan fingerprint density at radius 2 is 0.776 bits per heavy atom. The van der Waals surface area contributed by atoms with Gasteiger partial charge in [0.1, 0.15) is 12.5 Å². The van der Waals surface area contributed by atoms with Crippen molar-refractivity contribution in [3.63, 3.8) is 0 Å². The van der Waals surface area contributed by atoms with Crippen molar-refractivity contribution in [3.05, 3.63) is 66.5 Å². The van der Waals surface area contributed by atoms with E-state index in [1.807, 2.05) is 115 Å². The Kier molecular flexibility index (Phi) is 45.2. The van der Waals surface area contributed by atoms with E-state index in [2.05, 4.69) is 225 Å². The van der Waals surface area contributed by atoms with Gasteiger partial charge in [0.15, 0.2) is 6.67 Å². The summed E-state index contributed by atoms with van der Waals surface area (Å²) in [5.41, 5.74) is 23.1. The van der Waals surface area contributed by atoms with Crippen LogP contribution in [0.4, 0.5) is 0 Å². The standard InChI is InChI=1S/C7H14N2.C6H14N3.2C6H11N2.2C5H11N3.3C4H8N3.I2.3Y/c1-6-7(2)9(4)5-8(6)3;1-6-7(2)5-8(3)9(6)4;2*1-5-6(2)8(3)4-7-5;1-5-6-8(3)4-7(5)2;1-5-7(2)4-6-8(5)3;3*1-4-6-5-3-7(4)2;1-2;;;/h2*5H2,1-4H3;4*4H2,1-3H3;3*3H2,1-2H3;;;;/q;+1;2*-1;;;3*-1;;;;. The normalized spacial score (nSPS) is 18.6. The van der Waals surface area contributed by atoms with E-state index in [4.69, 9.17) is 0 Å². The summed E-state index contributed by atoms with van der Waals surface area (Å²) < 4.78 is 4.10. The van der Waals surface area contributed by atoms with Crippen LogP contribution in [0.3, 0.4) is 0 Å². The van der Waals surface area contributed by atoms with Crippen LogP contribution >= 0.6 is 37.2 Å². The molecule has 0 saturated carbocycles. The van der Waals surface area contributed by atoms with Crippen molar-refractivity contribution in [2.75, 3.05) is 159 Å². The molecule has 0 unspecified atom stereocenters. The number of halogens is 2. The largest absolute Gasteiger partial charge is 0.670 e. The van der Waals surface area contributed by atoms with Gasteiger partial charge >= 0.3 is 0 Å². The molecule has 9 aliphatic heterocycles. The molecule has 76 heavy (non-hydrogen) atoms. The molecular weight excluding hydrogens is 1420 g/mol. The first kappa shape index (κ1) is 81.0. The summed E-state index contributed by atoms with van der Waals surface area (Å²) in [7, 11) is 28.5. The monoisotopic (exact) mass is 1520 g/mol. The molecule has 0 amide bonds. The molecule has 431 valence electrons. The summed E-state index contributed by atoms with van der Waals surface area (Å²) in [6, 6.07) is 0. The Hall–Kier alpha value is -1.43. The van der Waals surface area contributed by atoms with E-state index in [-0.39, 0.29) is 98.1 Å². The van der Waals surface area contributed by atoms with E-state index in [1.54, 1.807) is 0 Å². The van der Waals surface area contributed by atoms with Crippen molar-refractivity contribution in [2.24, 2.45) is 20.4 Å². The van der Waals surface area contributed by atoms with Gasteiger partial charge in [-0.15, -0.1) is 16.4 Å². The van der Waals surface area contributed by atoms with E-state index in [9.17, 15) is 0 Å². The molecule has 0 atom stereocenters. The first-order valence-corrected chi connectivity index (χ1v) is 30.4. The molecule has 9 heterocycles. The van der Waals surface area contributed by atoms with Gasteiger partial charge in [-0.2, -0.15) is 10.1 Å². The maximum Gasteiger partial charge on any atom is 0.263 e. The zero-order valence-corrected chi connectivity index (χ0v) is 64.4.